The first-order valence-electron chi connectivity index (χ1n) is 6.80. The monoisotopic (exact) mass is 265 g/mol. The molecule has 3 heteroatoms. The van der Waals surface area contributed by atoms with E-state index in [-0.39, 0.29) is 0 Å². The fourth-order valence-corrected chi connectivity index (χ4v) is 3.84. The molecule has 0 bridgehead atoms. The zero-order valence-corrected chi connectivity index (χ0v) is 11.6. The standard InChI is InChI=1S/C15H20ClNO/c1-11-4-5-12(13(16)9-11)10-15(18)6-8-17-7-2-3-14(15)17/h4-5,9,14,18H,2-3,6-8,10H2,1H3. The lowest BCUT2D eigenvalue weighted by molar-refractivity contribution is 0.0141. The summed E-state index contributed by atoms with van der Waals surface area (Å²) in [7, 11) is 0. The quantitative estimate of drug-likeness (QED) is 0.889. The molecule has 2 nitrogen and oxygen atoms in total. The predicted octanol–water partition coefficient (Wildman–Crippen LogP) is 2.79. The minimum Gasteiger partial charge on any atom is -0.388 e. The van der Waals surface area contributed by atoms with E-state index in [0.717, 1.165) is 36.5 Å². The van der Waals surface area contributed by atoms with Crippen LogP contribution in [0, 0.1) is 6.92 Å². The molecule has 3 rings (SSSR count). The first kappa shape index (κ1) is 12.5. The summed E-state index contributed by atoms with van der Waals surface area (Å²) in [6, 6.07) is 6.47. The van der Waals surface area contributed by atoms with Crippen molar-refractivity contribution in [3.63, 3.8) is 0 Å². The van der Waals surface area contributed by atoms with Gasteiger partial charge in [-0.2, -0.15) is 0 Å². The molecule has 1 aromatic carbocycles. The fourth-order valence-electron chi connectivity index (χ4n) is 3.54. The maximum atomic E-state index is 10.9. The van der Waals surface area contributed by atoms with Gasteiger partial charge in [-0.1, -0.05) is 23.7 Å². The summed E-state index contributed by atoms with van der Waals surface area (Å²) in [5, 5.41) is 11.7. The van der Waals surface area contributed by atoms with Crippen LogP contribution in [0.5, 0.6) is 0 Å². The van der Waals surface area contributed by atoms with E-state index in [4.69, 9.17) is 11.6 Å². The molecule has 2 heterocycles. The SMILES string of the molecule is Cc1ccc(CC2(O)CCN3CCCC32)c(Cl)c1. The van der Waals surface area contributed by atoms with Crippen LogP contribution in [-0.4, -0.2) is 34.7 Å². The average molecular weight is 266 g/mol. The Morgan fingerprint density at radius 3 is 3.06 bits per heavy atom. The van der Waals surface area contributed by atoms with Gasteiger partial charge in [0.15, 0.2) is 0 Å². The molecule has 2 atom stereocenters. The highest BCUT2D eigenvalue weighted by atomic mass is 35.5. The largest absolute Gasteiger partial charge is 0.388 e. The molecule has 0 radical (unpaired) electrons. The second-order valence-corrected chi connectivity index (χ2v) is 6.23. The van der Waals surface area contributed by atoms with Gasteiger partial charge in [0.25, 0.3) is 0 Å². The normalized spacial score (nSPS) is 31.8. The van der Waals surface area contributed by atoms with Crippen molar-refractivity contribution in [2.75, 3.05) is 13.1 Å². The van der Waals surface area contributed by atoms with Gasteiger partial charge in [0.05, 0.1) is 5.60 Å². The van der Waals surface area contributed by atoms with E-state index in [1.807, 2.05) is 13.0 Å². The molecule has 2 saturated heterocycles. The number of benzene rings is 1. The van der Waals surface area contributed by atoms with Gasteiger partial charge in [0.1, 0.15) is 0 Å². The van der Waals surface area contributed by atoms with Crippen LogP contribution in [0.25, 0.3) is 0 Å². The smallest absolute Gasteiger partial charge is 0.0855 e. The van der Waals surface area contributed by atoms with Crippen LogP contribution in [0.15, 0.2) is 18.2 Å². The van der Waals surface area contributed by atoms with Gasteiger partial charge in [-0.05, 0) is 49.9 Å². The van der Waals surface area contributed by atoms with Crippen molar-refractivity contribution in [1.29, 1.82) is 0 Å². The third-order valence-corrected chi connectivity index (χ3v) is 4.87. The summed E-state index contributed by atoms with van der Waals surface area (Å²) >= 11 is 6.29. The summed E-state index contributed by atoms with van der Waals surface area (Å²) in [4.78, 5) is 2.43. The highest BCUT2D eigenvalue weighted by Gasteiger charge is 2.47. The second kappa shape index (κ2) is 4.52. The summed E-state index contributed by atoms with van der Waals surface area (Å²) in [5.41, 5.74) is 1.68. The number of halogens is 1. The molecule has 18 heavy (non-hydrogen) atoms. The minimum absolute atomic E-state index is 0.342. The average Bonchev–Trinajstić information content (AvgIpc) is 2.88. The Kier molecular flexibility index (Phi) is 3.13. The molecular formula is C15H20ClNO. The molecule has 0 aliphatic carbocycles. The number of hydrogen-bond donors (Lipinski definition) is 1. The number of nitrogens with zero attached hydrogens (tertiary/aromatic N) is 1. The van der Waals surface area contributed by atoms with Crippen LogP contribution in [0.3, 0.4) is 0 Å². The maximum absolute atomic E-state index is 10.9. The summed E-state index contributed by atoms with van der Waals surface area (Å²) in [6.45, 7) is 4.22. The third-order valence-electron chi connectivity index (χ3n) is 4.52. The topological polar surface area (TPSA) is 23.5 Å². The Bertz CT molecular complexity index is 462. The number of hydrogen-bond acceptors (Lipinski definition) is 2. The summed E-state index contributed by atoms with van der Waals surface area (Å²) in [5.74, 6) is 0. The highest BCUT2D eigenvalue weighted by molar-refractivity contribution is 6.31. The zero-order chi connectivity index (χ0) is 12.8. The minimum atomic E-state index is -0.574. The van der Waals surface area contributed by atoms with E-state index in [1.165, 1.54) is 12.0 Å². The van der Waals surface area contributed by atoms with Crippen LogP contribution in [0.4, 0.5) is 0 Å². The molecule has 0 amide bonds. The Hall–Kier alpha value is -0.570. The van der Waals surface area contributed by atoms with Crippen LogP contribution in [-0.2, 0) is 6.42 Å². The predicted molar refractivity (Wildman–Crippen MR) is 74.1 cm³/mol. The number of fused-ring (bicyclic) bond motifs is 1. The molecule has 2 fully saturated rings. The van der Waals surface area contributed by atoms with Gasteiger partial charge in [-0.25, -0.2) is 0 Å². The molecule has 2 unspecified atom stereocenters. The molecule has 0 saturated carbocycles. The number of rotatable bonds is 2. The van der Waals surface area contributed by atoms with Gasteiger partial charge in [-0.3, -0.25) is 4.90 Å². The van der Waals surface area contributed by atoms with Crippen LogP contribution >= 0.6 is 11.6 Å². The third kappa shape index (κ3) is 2.07. The second-order valence-electron chi connectivity index (χ2n) is 5.82. The van der Waals surface area contributed by atoms with Crippen molar-refractivity contribution in [3.8, 4) is 0 Å². The maximum Gasteiger partial charge on any atom is 0.0855 e. The van der Waals surface area contributed by atoms with E-state index in [0.29, 0.717) is 12.5 Å². The van der Waals surface area contributed by atoms with E-state index in [1.54, 1.807) is 0 Å². The van der Waals surface area contributed by atoms with Crippen molar-refractivity contribution in [2.24, 2.45) is 0 Å². The van der Waals surface area contributed by atoms with Crippen molar-refractivity contribution >= 4 is 11.6 Å². The molecule has 2 aliphatic rings. The summed E-state index contributed by atoms with van der Waals surface area (Å²) < 4.78 is 0. The molecule has 2 aliphatic heterocycles. The Labute approximate surface area is 114 Å². The van der Waals surface area contributed by atoms with Gasteiger partial charge in [0, 0.05) is 24.0 Å². The van der Waals surface area contributed by atoms with Crippen molar-refractivity contribution in [3.05, 3.63) is 34.3 Å². The first-order valence-corrected chi connectivity index (χ1v) is 7.18. The molecule has 98 valence electrons. The number of aryl methyl sites for hydroxylation is 1. The molecule has 0 spiro atoms. The van der Waals surface area contributed by atoms with E-state index < -0.39 is 5.60 Å². The van der Waals surface area contributed by atoms with E-state index >= 15 is 0 Å². The lowest BCUT2D eigenvalue weighted by atomic mass is 9.86. The Morgan fingerprint density at radius 1 is 1.44 bits per heavy atom. The van der Waals surface area contributed by atoms with Gasteiger partial charge >= 0.3 is 0 Å². The Morgan fingerprint density at radius 2 is 2.28 bits per heavy atom. The van der Waals surface area contributed by atoms with E-state index in [2.05, 4.69) is 17.0 Å². The van der Waals surface area contributed by atoms with Crippen molar-refractivity contribution < 1.29 is 5.11 Å². The molecule has 1 N–H and O–H groups in total. The van der Waals surface area contributed by atoms with E-state index in [9.17, 15) is 5.11 Å². The van der Waals surface area contributed by atoms with Crippen LogP contribution in [0.1, 0.15) is 30.4 Å². The molecule has 0 aromatic heterocycles. The lowest BCUT2D eigenvalue weighted by Gasteiger charge is -2.30. The summed E-state index contributed by atoms with van der Waals surface area (Å²) in [6.07, 6.45) is 3.91. The Balaban J connectivity index is 1.83. The van der Waals surface area contributed by atoms with Crippen LogP contribution in [0.2, 0.25) is 5.02 Å². The van der Waals surface area contributed by atoms with Crippen molar-refractivity contribution in [1.82, 2.24) is 4.90 Å². The zero-order valence-electron chi connectivity index (χ0n) is 10.8. The van der Waals surface area contributed by atoms with Gasteiger partial charge in [0.2, 0.25) is 0 Å². The molecular weight excluding hydrogens is 246 g/mol. The van der Waals surface area contributed by atoms with Crippen molar-refractivity contribution in [2.45, 2.75) is 44.2 Å². The first-order chi connectivity index (χ1) is 8.58. The fraction of sp³-hybridized carbons (Fsp3) is 0.600. The van der Waals surface area contributed by atoms with Crippen LogP contribution < -0.4 is 0 Å². The lowest BCUT2D eigenvalue weighted by Crippen LogP contribution is -2.43. The van der Waals surface area contributed by atoms with Gasteiger partial charge < -0.3 is 5.11 Å². The highest BCUT2D eigenvalue weighted by Crippen LogP contribution is 2.39. The number of aliphatic hydroxyl groups is 1. The van der Waals surface area contributed by atoms with Gasteiger partial charge in [-0.15, -0.1) is 0 Å². The molecule has 1 aromatic rings.